The number of benzene rings is 1. The lowest BCUT2D eigenvalue weighted by molar-refractivity contribution is -0.122. The van der Waals surface area contributed by atoms with Crippen molar-refractivity contribution >= 4 is 46.0 Å². The number of nitrogens with two attached hydrogens (primary N) is 1. The van der Waals surface area contributed by atoms with Crippen LogP contribution >= 0.6 is 24.0 Å². The fraction of sp³-hybridized carbons (Fsp3) is 0.286. The smallest absolute Gasteiger partial charge is 0.280 e. The molecule has 2 rings (SSSR count). The number of aliphatic hydroxyl groups excluding tert-OH is 2. The molecule has 1 heterocycles. The Labute approximate surface area is 138 Å². The van der Waals surface area contributed by atoms with Crippen molar-refractivity contribution in [3.05, 3.63) is 34.7 Å². The fourth-order valence-corrected chi connectivity index (χ4v) is 3.13. The first-order valence-electron chi connectivity index (χ1n) is 6.66. The lowest BCUT2D eigenvalue weighted by Gasteiger charge is -2.22. The van der Waals surface area contributed by atoms with Crippen LogP contribution in [0, 0.1) is 0 Å². The van der Waals surface area contributed by atoms with Gasteiger partial charge in [0.2, 0.25) is 0 Å². The summed E-state index contributed by atoms with van der Waals surface area (Å²) in [6, 6.07) is 7.47. The summed E-state index contributed by atoms with van der Waals surface area (Å²) >= 11 is 6.14. The molecule has 1 aliphatic heterocycles. The van der Waals surface area contributed by atoms with Crippen LogP contribution in [0.15, 0.2) is 29.2 Å². The first-order valence-corrected chi connectivity index (χ1v) is 7.88. The molecule has 0 radical (unpaired) electrons. The van der Waals surface area contributed by atoms with E-state index in [0.717, 1.165) is 16.3 Å². The molecule has 1 amide bonds. The molecule has 0 aromatic heterocycles. The zero-order valence-electron chi connectivity index (χ0n) is 11.8. The molecule has 0 unspecified atom stereocenters. The predicted molar refractivity (Wildman–Crippen MR) is 92.0 cm³/mol. The van der Waals surface area contributed by atoms with Gasteiger partial charge in [0, 0.05) is 18.8 Å². The molecule has 1 aromatic carbocycles. The van der Waals surface area contributed by atoms with Gasteiger partial charge in [-0.25, -0.2) is 10.9 Å². The van der Waals surface area contributed by atoms with Crippen LogP contribution in [0.4, 0.5) is 5.69 Å². The van der Waals surface area contributed by atoms with Gasteiger partial charge >= 0.3 is 0 Å². The second-order valence-electron chi connectivity index (χ2n) is 4.58. The number of hydrogen-bond donors (Lipinski definition) is 3. The average Bonchev–Trinajstić information content (AvgIpc) is 2.75. The van der Waals surface area contributed by atoms with E-state index in [4.69, 9.17) is 28.3 Å². The number of hydrogen-bond acceptors (Lipinski definition) is 7. The number of nitrogens with zero attached hydrogens (tertiary/aromatic N) is 2. The number of aliphatic hydroxyl groups is 2. The molecule has 6 nitrogen and oxygen atoms in total. The van der Waals surface area contributed by atoms with Crippen molar-refractivity contribution in [3.63, 3.8) is 0 Å². The Bertz CT molecular complexity index is 584. The van der Waals surface area contributed by atoms with E-state index in [1.807, 2.05) is 29.2 Å². The van der Waals surface area contributed by atoms with Gasteiger partial charge in [-0.2, -0.15) is 0 Å². The summed E-state index contributed by atoms with van der Waals surface area (Å²) in [5, 5.41) is 19.1. The molecule has 4 N–H and O–H groups in total. The van der Waals surface area contributed by atoms with E-state index in [0.29, 0.717) is 22.3 Å². The van der Waals surface area contributed by atoms with Crippen molar-refractivity contribution in [1.29, 1.82) is 0 Å². The highest BCUT2D eigenvalue weighted by molar-refractivity contribution is 8.26. The highest BCUT2D eigenvalue weighted by atomic mass is 32.2. The third kappa shape index (κ3) is 3.84. The van der Waals surface area contributed by atoms with Crippen LogP contribution in [-0.2, 0) is 4.79 Å². The van der Waals surface area contributed by atoms with Gasteiger partial charge in [-0.3, -0.25) is 4.79 Å². The summed E-state index contributed by atoms with van der Waals surface area (Å²) in [6.45, 7) is 0.929. The molecule has 1 aromatic rings. The van der Waals surface area contributed by atoms with E-state index in [9.17, 15) is 4.79 Å². The van der Waals surface area contributed by atoms with Gasteiger partial charge in [-0.15, -0.1) is 0 Å². The van der Waals surface area contributed by atoms with Crippen LogP contribution in [0.25, 0.3) is 6.08 Å². The minimum atomic E-state index is -0.304. The van der Waals surface area contributed by atoms with Crippen LogP contribution in [0.2, 0.25) is 0 Å². The minimum Gasteiger partial charge on any atom is -0.395 e. The van der Waals surface area contributed by atoms with Crippen molar-refractivity contribution in [2.75, 3.05) is 31.2 Å². The maximum atomic E-state index is 11.8. The number of rotatable bonds is 6. The predicted octanol–water partition coefficient (Wildman–Crippen LogP) is 0.553. The molecule has 8 heteroatoms. The van der Waals surface area contributed by atoms with Gasteiger partial charge < -0.3 is 15.1 Å². The Morgan fingerprint density at radius 3 is 2.27 bits per heavy atom. The number of anilines is 1. The Morgan fingerprint density at radius 2 is 1.82 bits per heavy atom. The van der Waals surface area contributed by atoms with Crippen molar-refractivity contribution in [2.45, 2.75) is 0 Å². The third-order valence-corrected chi connectivity index (χ3v) is 4.45. The normalized spacial score (nSPS) is 16.7. The Balaban J connectivity index is 2.15. The van der Waals surface area contributed by atoms with Crippen molar-refractivity contribution in [3.8, 4) is 0 Å². The zero-order valence-corrected chi connectivity index (χ0v) is 13.4. The first kappa shape index (κ1) is 16.9. The topological polar surface area (TPSA) is 90.0 Å². The molecule has 1 saturated heterocycles. The Kier molecular flexibility index (Phi) is 5.92. The molecule has 1 fully saturated rings. The van der Waals surface area contributed by atoms with Crippen LogP contribution in [-0.4, -0.2) is 51.8 Å². The quantitative estimate of drug-likeness (QED) is 0.302. The lowest BCUT2D eigenvalue weighted by Crippen LogP contribution is -2.34. The van der Waals surface area contributed by atoms with Crippen LogP contribution < -0.4 is 10.7 Å². The van der Waals surface area contributed by atoms with Crippen molar-refractivity contribution in [2.24, 2.45) is 5.84 Å². The second-order valence-corrected chi connectivity index (χ2v) is 6.25. The average molecular weight is 339 g/mol. The minimum absolute atomic E-state index is 0.0146. The van der Waals surface area contributed by atoms with Gasteiger partial charge in [-0.05, 0) is 23.8 Å². The second kappa shape index (κ2) is 7.70. The molecule has 0 aliphatic carbocycles. The SMILES string of the molecule is NN1C(=O)C(=Cc2ccc(N(CCO)CCO)cc2)SC1=S. The van der Waals surface area contributed by atoms with Crippen molar-refractivity contribution in [1.82, 2.24) is 5.01 Å². The molecule has 0 atom stereocenters. The first-order chi connectivity index (χ1) is 10.6. The summed E-state index contributed by atoms with van der Waals surface area (Å²) < 4.78 is 0.338. The van der Waals surface area contributed by atoms with Gasteiger partial charge in [-0.1, -0.05) is 36.1 Å². The number of hydrazine groups is 1. The fourth-order valence-electron chi connectivity index (χ4n) is 2.02. The molecule has 1 aliphatic rings. The molecular weight excluding hydrogens is 322 g/mol. The Hall–Kier alpha value is -1.45. The largest absolute Gasteiger partial charge is 0.395 e. The molecule has 118 valence electrons. The van der Waals surface area contributed by atoms with E-state index >= 15 is 0 Å². The van der Waals surface area contributed by atoms with Gasteiger partial charge in [0.15, 0.2) is 4.32 Å². The highest BCUT2D eigenvalue weighted by Gasteiger charge is 2.29. The number of thiocarbonyl (C=S) groups is 1. The summed E-state index contributed by atoms with van der Waals surface area (Å²) in [4.78, 5) is 14.2. The monoisotopic (exact) mass is 339 g/mol. The summed E-state index contributed by atoms with van der Waals surface area (Å²) in [7, 11) is 0. The summed E-state index contributed by atoms with van der Waals surface area (Å²) in [5.74, 6) is 5.22. The molecular formula is C14H17N3O3S2. The number of amides is 1. The van der Waals surface area contributed by atoms with Gasteiger partial charge in [0.05, 0.1) is 18.1 Å². The Morgan fingerprint density at radius 1 is 1.23 bits per heavy atom. The molecule has 0 saturated carbocycles. The lowest BCUT2D eigenvalue weighted by atomic mass is 10.1. The van der Waals surface area contributed by atoms with Gasteiger partial charge in [0.1, 0.15) is 0 Å². The van der Waals surface area contributed by atoms with E-state index in [-0.39, 0.29) is 19.1 Å². The van der Waals surface area contributed by atoms with Gasteiger partial charge in [0.25, 0.3) is 5.91 Å². The van der Waals surface area contributed by atoms with Crippen LogP contribution in [0.5, 0.6) is 0 Å². The van der Waals surface area contributed by atoms with Crippen LogP contribution in [0.3, 0.4) is 0 Å². The summed E-state index contributed by atoms with van der Waals surface area (Å²) in [5.41, 5.74) is 1.75. The number of carbonyl (C=O) groups is 1. The number of carbonyl (C=O) groups excluding carboxylic acids is 1. The molecule has 22 heavy (non-hydrogen) atoms. The maximum Gasteiger partial charge on any atom is 0.280 e. The van der Waals surface area contributed by atoms with E-state index in [1.165, 1.54) is 11.8 Å². The summed E-state index contributed by atoms with van der Waals surface area (Å²) in [6.07, 6.45) is 1.73. The molecule has 0 bridgehead atoms. The highest BCUT2D eigenvalue weighted by Crippen LogP contribution is 2.30. The maximum absolute atomic E-state index is 11.8. The number of thioether (sulfide) groups is 1. The zero-order chi connectivity index (χ0) is 16.1. The molecule has 0 spiro atoms. The van der Waals surface area contributed by atoms with Crippen LogP contribution in [0.1, 0.15) is 5.56 Å². The van der Waals surface area contributed by atoms with Crippen molar-refractivity contribution < 1.29 is 15.0 Å². The van der Waals surface area contributed by atoms with E-state index in [1.54, 1.807) is 6.08 Å². The van der Waals surface area contributed by atoms with E-state index in [2.05, 4.69) is 0 Å². The standard InChI is InChI=1S/C14H17N3O3S2/c15-17-13(20)12(22-14(17)21)9-10-1-3-11(4-2-10)16(5-7-18)6-8-19/h1-4,9,18-19H,5-8,15H2. The third-order valence-electron chi connectivity index (χ3n) is 3.12. The van der Waals surface area contributed by atoms with E-state index < -0.39 is 0 Å².